The van der Waals surface area contributed by atoms with Gasteiger partial charge in [0, 0.05) is 18.2 Å². The molecule has 3 nitrogen and oxygen atoms in total. The Bertz CT molecular complexity index is 477. The molecule has 1 heterocycles. The summed E-state index contributed by atoms with van der Waals surface area (Å²) in [5.74, 6) is -0.244. The van der Waals surface area contributed by atoms with Crippen LogP contribution in [0.3, 0.4) is 0 Å². The Morgan fingerprint density at radius 1 is 1.50 bits per heavy atom. The first-order chi connectivity index (χ1) is 7.66. The Balaban J connectivity index is 2.37. The second-order valence-electron chi connectivity index (χ2n) is 3.92. The molecule has 84 valence electrons. The summed E-state index contributed by atoms with van der Waals surface area (Å²) in [5, 5.41) is 0. The van der Waals surface area contributed by atoms with Crippen LogP contribution in [0.1, 0.15) is 6.92 Å². The minimum atomic E-state index is -0.244. The summed E-state index contributed by atoms with van der Waals surface area (Å²) in [5.41, 5.74) is 7.44. The zero-order valence-corrected chi connectivity index (χ0v) is 9.10. The minimum absolute atomic E-state index is 0.0431. The summed E-state index contributed by atoms with van der Waals surface area (Å²) in [6.07, 6.45) is 3.43. The van der Waals surface area contributed by atoms with Gasteiger partial charge in [0.25, 0.3) is 0 Å². The fraction of sp³-hybridized carbons (Fsp3) is 0.250. The third-order valence-corrected chi connectivity index (χ3v) is 2.32. The molecule has 1 unspecified atom stereocenters. The van der Waals surface area contributed by atoms with E-state index in [0.29, 0.717) is 6.54 Å². The maximum atomic E-state index is 13.1. The molecule has 4 heteroatoms. The summed E-state index contributed by atoms with van der Waals surface area (Å²) in [6, 6.07) is 6.51. The third kappa shape index (κ3) is 2.28. The summed E-state index contributed by atoms with van der Waals surface area (Å²) in [7, 11) is 0. The van der Waals surface area contributed by atoms with E-state index in [0.717, 1.165) is 11.3 Å². The van der Waals surface area contributed by atoms with Gasteiger partial charge in [-0.15, -0.1) is 0 Å². The summed E-state index contributed by atoms with van der Waals surface area (Å²) < 4.78 is 15.0. The van der Waals surface area contributed by atoms with E-state index >= 15 is 0 Å². The van der Waals surface area contributed by atoms with Crippen LogP contribution in [-0.2, 0) is 6.54 Å². The zero-order chi connectivity index (χ0) is 11.5. The summed E-state index contributed by atoms with van der Waals surface area (Å²) in [4.78, 5) is 4.07. The van der Waals surface area contributed by atoms with Crippen molar-refractivity contribution in [3.63, 3.8) is 0 Å². The normalized spacial score (nSPS) is 12.7. The predicted molar refractivity (Wildman–Crippen MR) is 61.3 cm³/mol. The van der Waals surface area contributed by atoms with Gasteiger partial charge in [-0.05, 0) is 19.1 Å². The molecule has 0 spiro atoms. The highest BCUT2D eigenvalue weighted by atomic mass is 19.1. The van der Waals surface area contributed by atoms with Crippen LogP contribution in [0, 0.1) is 5.82 Å². The molecular formula is C12H14FN3. The second kappa shape index (κ2) is 4.45. The molecule has 0 bridgehead atoms. The zero-order valence-electron chi connectivity index (χ0n) is 9.10. The number of hydrogen-bond acceptors (Lipinski definition) is 2. The second-order valence-corrected chi connectivity index (χ2v) is 3.92. The number of nitrogens with two attached hydrogens (primary N) is 1. The van der Waals surface area contributed by atoms with E-state index in [1.165, 1.54) is 12.1 Å². The largest absolute Gasteiger partial charge is 0.329 e. The molecule has 2 N–H and O–H groups in total. The number of benzene rings is 1. The monoisotopic (exact) mass is 219 g/mol. The lowest BCUT2D eigenvalue weighted by Crippen LogP contribution is -2.22. The van der Waals surface area contributed by atoms with E-state index in [2.05, 4.69) is 4.98 Å². The maximum Gasteiger partial charge on any atom is 0.123 e. The molecule has 16 heavy (non-hydrogen) atoms. The van der Waals surface area contributed by atoms with Gasteiger partial charge in [-0.25, -0.2) is 9.37 Å². The van der Waals surface area contributed by atoms with E-state index in [1.807, 2.05) is 17.6 Å². The van der Waals surface area contributed by atoms with Crippen molar-refractivity contribution in [3.05, 3.63) is 42.6 Å². The molecule has 2 rings (SSSR count). The fourth-order valence-corrected chi connectivity index (χ4v) is 1.66. The maximum absolute atomic E-state index is 13.1. The molecule has 0 fully saturated rings. The van der Waals surface area contributed by atoms with Gasteiger partial charge in [0.15, 0.2) is 0 Å². The average molecular weight is 219 g/mol. The van der Waals surface area contributed by atoms with E-state index in [1.54, 1.807) is 18.6 Å². The number of halogens is 1. The van der Waals surface area contributed by atoms with Crippen LogP contribution in [0.2, 0.25) is 0 Å². The lowest BCUT2D eigenvalue weighted by Gasteiger charge is -2.10. The van der Waals surface area contributed by atoms with Gasteiger partial charge in [0.2, 0.25) is 0 Å². The van der Waals surface area contributed by atoms with Crippen LogP contribution < -0.4 is 5.73 Å². The summed E-state index contributed by atoms with van der Waals surface area (Å²) >= 11 is 0. The van der Waals surface area contributed by atoms with Crippen molar-refractivity contribution in [2.24, 2.45) is 5.73 Å². The molecular weight excluding hydrogens is 205 g/mol. The van der Waals surface area contributed by atoms with Crippen molar-refractivity contribution < 1.29 is 4.39 Å². The molecule has 0 radical (unpaired) electrons. The molecule has 0 aliphatic heterocycles. The van der Waals surface area contributed by atoms with Gasteiger partial charge in [-0.1, -0.05) is 12.1 Å². The van der Waals surface area contributed by atoms with Crippen LogP contribution >= 0.6 is 0 Å². The lowest BCUT2D eigenvalue weighted by molar-refractivity contribution is 0.592. The Morgan fingerprint density at radius 3 is 3.00 bits per heavy atom. The van der Waals surface area contributed by atoms with E-state index in [9.17, 15) is 4.39 Å². The molecule has 0 aliphatic carbocycles. The van der Waals surface area contributed by atoms with Crippen LogP contribution in [0.4, 0.5) is 4.39 Å². The highest BCUT2D eigenvalue weighted by Crippen LogP contribution is 2.19. The first kappa shape index (κ1) is 10.8. The molecule has 0 aliphatic rings. The van der Waals surface area contributed by atoms with E-state index in [4.69, 9.17) is 5.73 Å². The number of aromatic nitrogens is 2. The number of hydrogen-bond donors (Lipinski definition) is 1. The van der Waals surface area contributed by atoms with Crippen molar-refractivity contribution in [3.8, 4) is 11.3 Å². The van der Waals surface area contributed by atoms with Crippen LogP contribution in [0.5, 0.6) is 0 Å². The Labute approximate surface area is 93.7 Å². The fourth-order valence-electron chi connectivity index (χ4n) is 1.66. The van der Waals surface area contributed by atoms with Gasteiger partial charge in [0.1, 0.15) is 5.82 Å². The molecule has 0 saturated heterocycles. The SMILES string of the molecule is CC(N)Cn1cncc1-c1cccc(F)c1. The van der Waals surface area contributed by atoms with Crippen molar-refractivity contribution in [2.45, 2.75) is 19.5 Å². The van der Waals surface area contributed by atoms with E-state index < -0.39 is 0 Å². The van der Waals surface area contributed by atoms with Crippen LogP contribution in [0.25, 0.3) is 11.3 Å². The van der Waals surface area contributed by atoms with Gasteiger partial charge in [-0.3, -0.25) is 0 Å². The quantitative estimate of drug-likeness (QED) is 0.858. The number of nitrogens with zero attached hydrogens (tertiary/aromatic N) is 2. The highest BCUT2D eigenvalue weighted by molar-refractivity contribution is 5.58. The van der Waals surface area contributed by atoms with Gasteiger partial charge >= 0.3 is 0 Å². The van der Waals surface area contributed by atoms with Gasteiger partial charge in [-0.2, -0.15) is 0 Å². The molecule has 2 aromatic rings. The minimum Gasteiger partial charge on any atom is -0.329 e. The summed E-state index contributed by atoms with van der Waals surface area (Å²) in [6.45, 7) is 2.60. The molecule has 1 atom stereocenters. The molecule has 1 aromatic heterocycles. The molecule has 1 aromatic carbocycles. The topological polar surface area (TPSA) is 43.8 Å². The van der Waals surface area contributed by atoms with Crippen LogP contribution in [-0.4, -0.2) is 15.6 Å². The average Bonchev–Trinajstić information content (AvgIpc) is 2.65. The Kier molecular flexibility index (Phi) is 3.01. The van der Waals surface area contributed by atoms with Crippen LogP contribution in [0.15, 0.2) is 36.8 Å². The molecule has 0 saturated carbocycles. The number of rotatable bonds is 3. The van der Waals surface area contributed by atoms with Gasteiger partial charge < -0.3 is 10.3 Å². The number of imidazole rings is 1. The predicted octanol–water partition coefficient (Wildman–Crippen LogP) is 2.04. The van der Waals surface area contributed by atoms with Gasteiger partial charge in [0.05, 0.1) is 18.2 Å². The lowest BCUT2D eigenvalue weighted by atomic mass is 10.1. The first-order valence-corrected chi connectivity index (χ1v) is 5.18. The Hall–Kier alpha value is -1.68. The first-order valence-electron chi connectivity index (χ1n) is 5.18. The smallest absolute Gasteiger partial charge is 0.123 e. The third-order valence-electron chi connectivity index (χ3n) is 2.32. The van der Waals surface area contributed by atoms with Crippen molar-refractivity contribution in [2.75, 3.05) is 0 Å². The van der Waals surface area contributed by atoms with E-state index in [-0.39, 0.29) is 11.9 Å². The van der Waals surface area contributed by atoms with Crippen molar-refractivity contribution in [1.29, 1.82) is 0 Å². The highest BCUT2D eigenvalue weighted by Gasteiger charge is 2.07. The molecule has 0 amide bonds. The van der Waals surface area contributed by atoms with Crippen molar-refractivity contribution in [1.82, 2.24) is 9.55 Å². The standard InChI is InChI=1S/C12H14FN3/c1-9(14)7-16-8-15-6-12(16)10-3-2-4-11(13)5-10/h2-6,8-9H,7,14H2,1H3. The Morgan fingerprint density at radius 2 is 2.31 bits per heavy atom. The van der Waals surface area contributed by atoms with Crippen molar-refractivity contribution >= 4 is 0 Å².